The third-order valence-corrected chi connectivity index (χ3v) is 5.39. The molecule has 2 N–H and O–H groups in total. The number of methoxy groups -OCH3 is 1. The van der Waals surface area contributed by atoms with Crippen LogP contribution in [-0.4, -0.2) is 41.1 Å². The minimum Gasteiger partial charge on any atom is -0.497 e. The number of urea groups is 1. The number of amides is 2. The molecular formula is C20H24N4O3. The van der Waals surface area contributed by atoms with Gasteiger partial charge in [0.25, 0.3) is 0 Å². The summed E-state index contributed by atoms with van der Waals surface area (Å²) in [4.78, 5) is 21.8. The number of ether oxygens (including phenoxy) is 1. The summed E-state index contributed by atoms with van der Waals surface area (Å²) >= 11 is 0. The van der Waals surface area contributed by atoms with E-state index in [2.05, 4.69) is 27.5 Å². The summed E-state index contributed by atoms with van der Waals surface area (Å²) in [7, 11) is 1.68. The van der Waals surface area contributed by atoms with Crippen molar-refractivity contribution in [2.45, 2.75) is 32.6 Å². The molecule has 142 valence electrons. The Morgan fingerprint density at radius 2 is 2.11 bits per heavy atom. The van der Waals surface area contributed by atoms with Crippen molar-refractivity contribution in [3.8, 4) is 5.75 Å². The fourth-order valence-corrected chi connectivity index (χ4v) is 3.68. The average molecular weight is 368 g/mol. The molecule has 7 heteroatoms. The molecule has 1 aliphatic heterocycles. The minimum absolute atomic E-state index is 0.157. The Bertz CT molecular complexity index is 947. The molecule has 3 heterocycles. The van der Waals surface area contributed by atoms with E-state index in [0.29, 0.717) is 19.0 Å². The largest absolute Gasteiger partial charge is 0.497 e. The number of H-pyrrole nitrogens is 1. The van der Waals surface area contributed by atoms with Crippen LogP contribution in [0.25, 0.3) is 10.9 Å². The highest BCUT2D eigenvalue weighted by Gasteiger charge is 2.26. The second kappa shape index (κ2) is 6.98. The number of carbonyl (C=O) groups is 1. The van der Waals surface area contributed by atoms with Gasteiger partial charge in [-0.1, -0.05) is 0 Å². The van der Waals surface area contributed by atoms with Gasteiger partial charge in [0.1, 0.15) is 11.5 Å². The van der Waals surface area contributed by atoms with E-state index in [1.807, 2.05) is 30.9 Å². The molecule has 1 aliphatic rings. The number of aromatic amines is 1. The molecule has 0 aliphatic carbocycles. The van der Waals surface area contributed by atoms with Gasteiger partial charge in [0.15, 0.2) is 0 Å². The average Bonchev–Trinajstić information content (AvgIpc) is 3.24. The molecule has 0 unspecified atom stereocenters. The van der Waals surface area contributed by atoms with Crippen molar-refractivity contribution in [2.24, 2.45) is 0 Å². The predicted molar refractivity (Wildman–Crippen MR) is 103 cm³/mol. The lowest BCUT2D eigenvalue weighted by Crippen LogP contribution is -2.40. The Balaban J connectivity index is 1.42. The monoisotopic (exact) mass is 368 g/mol. The van der Waals surface area contributed by atoms with Crippen LogP contribution in [0.15, 0.2) is 28.8 Å². The first kappa shape index (κ1) is 17.5. The zero-order chi connectivity index (χ0) is 19.0. The Kier molecular flexibility index (Phi) is 4.51. The summed E-state index contributed by atoms with van der Waals surface area (Å²) < 4.78 is 10.8. The maximum absolute atomic E-state index is 12.5. The third-order valence-electron chi connectivity index (χ3n) is 5.39. The summed E-state index contributed by atoms with van der Waals surface area (Å²) in [5.41, 5.74) is 3.20. The number of piperidine rings is 1. The zero-order valence-electron chi connectivity index (χ0n) is 15.8. The molecule has 1 saturated heterocycles. The zero-order valence-corrected chi connectivity index (χ0v) is 15.8. The molecule has 3 aromatic rings. The van der Waals surface area contributed by atoms with Crippen molar-refractivity contribution in [3.63, 3.8) is 0 Å². The Morgan fingerprint density at radius 1 is 1.33 bits per heavy atom. The predicted octanol–water partition coefficient (Wildman–Crippen LogP) is 4.19. The van der Waals surface area contributed by atoms with Gasteiger partial charge in [-0.3, -0.25) is 5.32 Å². The molecule has 27 heavy (non-hydrogen) atoms. The van der Waals surface area contributed by atoms with Gasteiger partial charge in [-0.05, 0) is 56.4 Å². The number of oxazole rings is 1. The smallest absolute Gasteiger partial charge is 0.325 e. The molecule has 0 radical (unpaired) electrons. The van der Waals surface area contributed by atoms with E-state index >= 15 is 0 Å². The lowest BCUT2D eigenvalue weighted by Gasteiger charge is -2.31. The topological polar surface area (TPSA) is 83.4 Å². The number of fused-ring (bicyclic) bond motifs is 1. The maximum Gasteiger partial charge on any atom is 0.325 e. The van der Waals surface area contributed by atoms with Gasteiger partial charge >= 0.3 is 12.0 Å². The number of aryl methyl sites for hydroxylation is 2. The van der Waals surface area contributed by atoms with Crippen LogP contribution in [0.1, 0.15) is 35.8 Å². The molecule has 7 nitrogen and oxygen atoms in total. The van der Waals surface area contributed by atoms with Crippen molar-refractivity contribution in [3.05, 3.63) is 41.4 Å². The van der Waals surface area contributed by atoms with Crippen LogP contribution in [0.3, 0.4) is 0 Å². The highest BCUT2D eigenvalue weighted by Crippen LogP contribution is 2.34. The number of rotatable bonds is 3. The maximum atomic E-state index is 12.5. The van der Waals surface area contributed by atoms with E-state index in [9.17, 15) is 4.79 Å². The summed E-state index contributed by atoms with van der Waals surface area (Å²) in [5, 5.41) is 3.95. The van der Waals surface area contributed by atoms with E-state index in [0.717, 1.165) is 35.6 Å². The second-order valence-corrected chi connectivity index (χ2v) is 7.01. The molecule has 0 spiro atoms. The van der Waals surface area contributed by atoms with Crippen LogP contribution < -0.4 is 10.1 Å². The lowest BCUT2D eigenvalue weighted by molar-refractivity contribution is 0.194. The van der Waals surface area contributed by atoms with E-state index in [4.69, 9.17) is 9.15 Å². The molecule has 0 saturated carbocycles. The molecule has 1 aromatic carbocycles. The van der Waals surface area contributed by atoms with E-state index in [1.165, 1.54) is 10.9 Å². The van der Waals surface area contributed by atoms with Gasteiger partial charge in [0, 0.05) is 30.2 Å². The number of anilines is 1. The molecule has 0 bridgehead atoms. The SMILES string of the molecule is COc1ccc2[nH]cc(C3CCN(C(=O)Nc4nc(C)c(C)o4)CC3)c2c1. The second-order valence-electron chi connectivity index (χ2n) is 7.01. The van der Waals surface area contributed by atoms with Crippen molar-refractivity contribution in [1.82, 2.24) is 14.9 Å². The summed E-state index contributed by atoms with van der Waals surface area (Å²) in [6, 6.07) is 6.19. The molecule has 2 amide bonds. The first-order valence-corrected chi connectivity index (χ1v) is 9.20. The van der Waals surface area contributed by atoms with Gasteiger partial charge in [0.05, 0.1) is 12.8 Å². The first-order chi connectivity index (χ1) is 13.0. The Hall–Kier alpha value is -2.96. The first-order valence-electron chi connectivity index (χ1n) is 9.20. The van der Waals surface area contributed by atoms with Gasteiger partial charge in [-0.2, -0.15) is 4.98 Å². The van der Waals surface area contributed by atoms with Crippen molar-refractivity contribution in [1.29, 1.82) is 0 Å². The fraction of sp³-hybridized carbons (Fsp3) is 0.400. The number of aromatic nitrogens is 2. The Labute approximate surface area is 157 Å². The minimum atomic E-state index is -0.157. The molecule has 0 atom stereocenters. The number of hydrogen-bond donors (Lipinski definition) is 2. The van der Waals surface area contributed by atoms with Gasteiger partial charge in [-0.15, -0.1) is 0 Å². The number of hydrogen-bond acceptors (Lipinski definition) is 4. The van der Waals surface area contributed by atoms with Crippen LogP contribution in [-0.2, 0) is 0 Å². The summed E-state index contributed by atoms with van der Waals surface area (Å²) in [6.07, 6.45) is 3.92. The molecule has 1 fully saturated rings. The third kappa shape index (κ3) is 3.37. The van der Waals surface area contributed by atoms with Crippen molar-refractivity contribution in [2.75, 3.05) is 25.5 Å². The molecular weight excluding hydrogens is 344 g/mol. The normalized spacial score (nSPS) is 15.3. The van der Waals surface area contributed by atoms with E-state index in [1.54, 1.807) is 7.11 Å². The highest BCUT2D eigenvalue weighted by molar-refractivity contribution is 5.87. The molecule has 4 rings (SSSR count). The van der Waals surface area contributed by atoms with Gasteiger partial charge in [-0.25, -0.2) is 4.79 Å². The van der Waals surface area contributed by atoms with Crippen LogP contribution in [0, 0.1) is 13.8 Å². The highest BCUT2D eigenvalue weighted by atomic mass is 16.5. The standard InChI is InChI=1S/C20H24N4O3/c1-12-13(2)27-19(22-12)23-20(25)24-8-6-14(7-9-24)17-11-21-18-5-4-15(26-3)10-16(17)18/h4-5,10-11,14,21H,6-9H2,1-3H3,(H,22,23,25). The van der Waals surface area contributed by atoms with Crippen LogP contribution in [0.2, 0.25) is 0 Å². The summed E-state index contributed by atoms with van der Waals surface area (Å²) in [6.45, 7) is 5.09. The van der Waals surface area contributed by atoms with Crippen molar-refractivity contribution >= 4 is 22.9 Å². The van der Waals surface area contributed by atoms with Crippen LogP contribution in [0.4, 0.5) is 10.8 Å². The number of carbonyl (C=O) groups excluding carboxylic acids is 1. The van der Waals surface area contributed by atoms with Crippen LogP contribution >= 0.6 is 0 Å². The quantitative estimate of drug-likeness (QED) is 0.726. The van der Waals surface area contributed by atoms with Gasteiger partial charge in [0.2, 0.25) is 0 Å². The number of nitrogens with zero attached hydrogens (tertiary/aromatic N) is 2. The lowest BCUT2D eigenvalue weighted by atomic mass is 9.89. The van der Waals surface area contributed by atoms with E-state index in [-0.39, 0.29) is 12.0 Å². The number of nitrogens with one attached hydrogen (secondary N) is 2. The fourth-order valence-electron chi connectivity index (χ4n) is 3.68. The summed E-state index contributed by atoms with van der Waals surface area (Å²) in [5.74, 6) is 2.00. The van der Waals surface area contributed by atoms with Gasteiger partial charge < -0.3 is 19.0 Å². The molecule has 2 aromatic heterocycles. The Morgan fingerprint density at radius 3 is 2.78 bits per heavy atom. The van der Waals surface area contributed by atoms with Crippen molar-refractivity contribution < 1.29 is 13.9 Å². The van der Waals surface area contributed by atoms with E-state index < -0.39 is 0 Å². The number of likely N-dealkylation sites (tertiary alicyclic amines) is 1. The van der Waals surface area contributed by atoms with Crippen LogP contribution in [0.5, 0.6) is 5.75 Å². The number of benzene rings is 1.